The standard InChI is InChI=1S/C21H19F2N3/c1-14-17-9-10-24-21(17)25-13-20(14)26-11-3-2-4-16(26)7-5-15-6-8-18(22)19(23)12-15/h2-3,5-10,12-13,16H,4,11H2,1H3,(H,24,25). The highest BCUT2D eigenvalue weighted by Gasteiger charge is 2.20. The molecule has 5 heteroatoms. The molecule has 0 radical (unpaired) electrons. The summed E-state index contributed by atoms with van der Waals surface area (Å²) in [7, 11) is 0. The van der Waals surface area contributed by atoms with E-state index in [2.05, 4.69) is 33.9 Å². The Morgan fingerprint density at radius 1 is 1.19 bits per heavy atom. The predicted octanol–water partition coefficient (Wildman–Crippen LogP) is 5.00. The molecule has 1 aliphatic rings. The van der Waals surface area contributed by atoms with Crippen molar-refractivity contribution >= 4 is 22.8 Å². The van der Waals surface area contributed by atoms with E-state index in [4.69, 9.17) is 0 Å². The summed E-state index contributed by atoms with van der Waals surface area (Å²) in [5.41, 5.74) is 3.79. The molecular weight excluding hydrogens is 332 g/mol. The lowest BCUT2D eigenvalue weighted by atomic mass is 10.0. The molecule has 0 saturated heterocycles. The second-order valence-corrected chi connectivity index (χ2v) is 6.47. The number of benzene rings is 1. The summed E-state index contributed by atoms with van der Waals surface area (Å²) >= 11 is 0. The van der Waals surface area contributed by atoms with Crippen molar-refractivity contribution in [2.45, 2.75) is 19.4 Å². The van der Waals surface area contributed by atoms with E-state index in [0.717, 1.165) is 35.8 Å². The zero-order valence-electron chi connectivity index (χ0n) is 14.4. The van der Waals surface area contributed by atoms with Crippen LogP contribution in [0.3, 0.4) is 0 Å². The van der Waals surface area contributed by atoms with Gasteiger partial charge in [0.15, 0.2) is 11.6 Å². The number of rotatable bonds is 3. The molecule has 0 aliphatic carbocycles. The van der Waals surface area contributed by atoms with Crippen LogP contribution >= 0.6 is 0 Å². The first-order valence-corrected chi connectivity index (χ1v) is 8.61. The van der Waals surface area contributed by atoms with Crippen LogP contribution in [0.1, 0.15) is 17.5 Å². The molecule has 3 nitrogen and oxygen atoms in total. The number of aryl methyl sites for hydroxylation is 1. The highest BCUT2D eigenvalue weighted by molar-refractivity contribution is 5.84. The van der Waals surface area contributed by atoms with Crippen molar-refractivity contribution in [2.24, 2.45) is 0 Å². The van der Waals surface area contributed by atoms with E-state index in [0.29, 0.717) is 5.56 Å². The van der Waals surface area contributed by atoms with Gasteiger partial charge in [-0.2, -0.15) is 0 Å². The van der Waals surface area contributed by atoms with Crippen LogP contribution in [0.2, 0.25) is 0 Å². The summed E-state index contributed by atoms with van der Waals surface area (Å²) in [5.74, 6) is -1.66. The summed E-state index contributed by atoms with van der Waals surface area (Å²) in [4.78, 5) is 9.93. The lowest BCUT2D eigenvalue weighted by molar-refractivity contribution is 0.508. The Kier molecular flexibility index (Phi) is 4.29. The van der Waals surface area contributed by atoms with Crippen LogP contribution in [0.5, 0.6) is 0 Å². The summed E-state index contributed by atoms with van der Waals surface area (Å²) in [6.07, 6.45) is 12.8. The zero-order chi connectivity index (χ0) is 18.1. The third-order valence-corrected chi connectivity index (χ3v) is 4.84. The first kappa shape index (κ1) is 16.5. The van der Waals surface area contributed by atoms with E-state index in [1.807, 2.05) is 30.6 Å². The van der Waals surface area contributed by atoms with Crippen LogP contribution in [-0.4, -0.2) is 22.6 Å². The van der Waals surface area contributed by atoms with Gasteiger partial charge in [-0.25, -0.2) is 13.8 Å². The van der Waals surface area contributed by atoms with Crippen LogP contribution in [0.4, 0.5) is 14.5 Å². The average molecular weight is 351 g/mol. The molecule has 1 aliphatic heterocycles. The molecule has 132 valence electrons. The Morgan fingerprint density at radius 3 is 2.92 bits per heavy atom. The summed E-state index contributed by atoms with van der Waals surface area (Å²) in [5, 5.41) is 1.11. The van der Waals surface area contributed by atoms with Gasteiger partial charge in [0.05, 0.1) is 17.9 Å². The second kappa shape index (κ2) is 6.75. The van der Waals surface area contributed by atoms with Crippen LogP contribution in [-0.2, 0) is 0 Å². The lowest BCUT2D eigenvalue weighted by Gasteiger charge is -2.34. The van der Waals surface area contributed by atoms with Crippen molar-refractivity contribution < 1.29 is 8.78 Å². The summed E-state index contributed by atoms with van der Waals surface area (Å²) in [6.45, 7) is 2.88. The number of anilines is 1. The molecular formula is C21H19F2N3. The smallest absolute Gasteiger partial charge is 0.159 e. The van der Waals surface area contributed by atoms with Gasteiger partial charge < -0.3 is 9.88 Å². The number of H-pyrrole nitrogens is 1. The number of nitrogens with zero attached hydrogens (tertiary/aromatic N) is 2. The van der Waals surface area contributed by atoms with Gasteiger partial charge in [0, 0.05) is 18.1 Å². The Labute approximate surface area is 150 Å². The maximum absolute atomic E-state index is 13.4. The predicted molar refractivity (Wildman–Crippen MR) is 101 cm³/mol. The van der Waals surface area contributed by atoms with Crippen molar-refractivity contribution in [1.29, 1.82) is 0 Å². The first-order chi connectivity index (χ1) is 12.6. The molecule has 4 rings (SSSR count). The highest BCUT2D eigenvalue weighted by Crippen LogP contribution is 2.30. The Bertz CT molecular complexity index is 1000. The van der Waals surface area contributed by atoms with Gasteiger partial charge in [-0.15, -0.1) is 0 Å². The maximum Gasteiger partial charge on any atom is 0.159 e. The monoisotopic (exact) mass is 351 g/mol. The first-order valence-electron chi connectivity index (χ1n) is 8.61. The number of pyridine rings is 1. The molecule has 1 unspecified atom stereocenters. The van der Waals surface area contributed by atoms with E-state index >= 15 is 0 Å². The number of aromatic nitrogens is 2. The molecule has 0 amide bonds. The minimum absolute atomic E-state index is 0.130. The van der Waals surface area contributed by atoms with Gasteiger partial charge in [-0.1, -0.05) is 30.4 Å². The number of nitrogens with one attached hydrogen (secondary N) is 1. The fraction of sp³-hybridized carbons (Fsp3) is 0.190. The van der Waals surface area contributed by atoms with E-state index in [1.54, 1.807) is 6.07 Å². The number of aromatic amines is 1. The molecule has 0 saturated carbocycles. The molecule has 3 aromatic rings. The third kappa shape index (κ3) is 3.01. The molecule has 0 fully saturated rings. The zero-order valence-corrected chi connectivity index (χ0v) is 14.4. The van der Waals surface area contributed by atoms with Gasteiger partial charge in [-0.3, -0.25) is 0 Å². The van der Waals surface area contributed by atoms with Gasteiger partial charge in [0.25, 0.3) is 0 Å². The summed E-state index contributed by atoms with van der Waals surface area (Å²) in [6, 6.07) is 6.11. The molecule has 26 heavy (non-hydrogen) atoms. The van der Waals surface area contributed by atoms with Crippen molar-refractivity contribution in [3.8, 4) is 0 Å². The molecule has 0 bridgehead atoms. The number of hydrogen-bond acceptors (Lipinski definition) is 2. The maximum atomic E-state index is 13.4. The fourth-order valence-corrected chi connectivity index (χ4v) is 3.40. The molecule has 2 aromatic heterocycles. The molecule has 1 N–H and O–H groups in total. The average Bonchev–Trinajstić information content (AvgIpc) is 3.13. The van der Waals surface area contributed by atoms with E-state index in [-0.39, 0.29) is 6.04 Å². The highest BCUT2D eigenvalue weighted by atomic mass is 19.2. The lowest BCUT2D eigenvalue weighted by Crippen LogP contribution is -2.36. The van der Waals surface area contributed by atoms with Gasteiger partial charge in [-0.05, 0) is 42.7 Å². The number of fused-ring (bicyclic) bond motifs is 1. The van der Waals surface area contributed by atoms with Crippen molar-refractivity contribution in [3.05, 3.63) is 77.6 Å². The number of halogens is 2. The van der Waals surface area contributed by atoms with Gasteiger partial charge in [0.2, 0.25) is 0 Å². The van der Waals surface area contributed by atoms with E-state index < -0.39 is 11.6 Å². The van der Waals surface area contributed by atoms with E-state index in [1.165, 1.54) is 11.6 Å². The molecule has 0 spiro atoms. The van der Waals surface area contributed by atoms with Crippen molar-refractivity contribution in [2.75, 3.05) is 11.4 Å². The Balaban J connectivity index is 1.65. The molecule has 3 heterocycles. The van der Waals surface area contributed by atoms with Crippen LogP contribution in [0.15, 0.2) is 54.9 Å². The van der Waals surface area contributed by atoms with E-state index in [9.17, 15) is 8.78 Å². The van der Waals surface area contributed by atoms with Crippen LogP contribution < -0.4 is 4.90 Å². The molecule has 1 atom stereocenters. The fourth-order valence-electron chi connectivity index (χ4n) is 3.40. The normalized spacial score (nSPS) is 17.5. The largest absolute Gasteiger partial charge is 0.360 e. The SMILES string of the molecule is Cc1c(N2CC=CCC2C=Cc2ccc(F)c(F)c2)cnc2[nH]ccc12. The third-order valence-electron chi connectivity index (χ3n) is 4.84. The minimum atomic E-state index is -0.828. The topological polar surface area (TPSA) is 31.9 Å². The van der Waals surface area contributed by atoms with Crippen molar-refractivity contribution in [3.63, 3.8) is 0 Å². The van der Waals surface area contributed by atoms with Crippen LogP contribution in [0.25, 0.3) is 17.1 Å². The summed E-state index contributed by atoms with van der Waals surface area (Å²) < 4.78 is 26.5. The number of hydrogen-bond donors (Lipinski definition) is 1. The Hall–Kier alpha value is -2.95. The Morgan fingerprint density at radius 2 is 2.08 bits per heavy atom. The van der Waals surface area contributed by atoms with Crippen LogP contribution in [0, 0.1) is 18.6 Å². The second-order valence-electron chi connectivity index (χ2n) is 6.47. The van der Waals surface area contributed by atoms with Gasteiger partial charge >= 0.3 is 0 Å². The van der Waals surface area contributed by atoms with Gasteiger partial charge in [0.1, 0.15) is 5.65 Å². The minimum Gasteiger partial charge on any atom is -0.360 e. The quantitative estimate of drug-likeness (QED) is 0.674. The van der Waals surface area contributed by atoms with Crippen molar-refractivity contribution in [1.82, 2.24) is 9.97 Å². The molecule has 1 aromatic carbocycles.